The van der Waals surface area contributed by atoms with Crippen molar-refractivity contribution in [3.63, 3.8) is 0 Å². The van der Waals surface area contributed by atoms with Crippen molar-refractivity contribution in [2.75, 3.05) is 5.73 Å². The van der Waals surface area contributed by atoms with E-state index in [9.17, 15) is 8.42 Å². The van der Waals surface area contributed by atoms with E-state index in [1.54, 1.807) is 6.07 Å². The Kier molecular flexibility index (Phi) is 4.93. The number of nitrogen functional groups attached to an aromatic ring is 1. The number of para-hydroxylation sites is 1. The standard InChI is InChI=1S/C6H7NO3S.K.H/c7-5-3-1-2-4-6(5)11(8,9)10;;/h1-4H,7H2,(H,8,9,10);;/q;+1;-1. The molecule has 0 fully saturated rings. The first-order valence-corrected chi connectivity index (χ1v) is 4.28. The summed E-state index contributed by atoms with van der Waals surface area (Å²) in [5, 5.41) is 0. The fraction of sp³-hybridized carbons (Fsp3) is 0. The molecular formula is C6H8KNO3S. The minimum absolute atomic E-state index is 0. The van der Waals surface area contributed by atoms with Gasteiger partial charge in [-0.25, -0.2) is 0 Å². The number of rotatable bonds is 1. The molecule has 6 heteroatoms. The normalized spacial score (nSPS) is 10.4. The van der Waals surface area contributed by atoms with Crippen molar-refractivity contribution in [3.05, 3.63) is 24.3 Å². The Morgan fingerprint density at radius 2 is 1.83 bits per heavy atom. The van der Waals surface area contributed by atoms with Crippen LogP contribution in [-0.2, 0) is 10.1 Å². The van der Waals surface area contributed by atoms with E-state index in [1.807, 2.05) is 0 Å². The third-order valence-electron chi connectivity index (χ3n) is 1.20. The Hall–Kier alpha value is 0.566. The fourth-order valence-electron chi connectivity index (χ4n) is 0.715. The Balaban J connectivity index is 0. The van der Waals surface area contributed by atoms with E-state index in [0.29, 0.717) is 0 Å². The maximum Gasteiger partial charge on any atom is 1.00 e. The molecule has 0 amide bonds. The number of nitrogens with two attached hydrogens (primary N) is 1. The summed E-state index contributed by atoms with van der Waals surface area (Å²) in [5.74, 6) is 0. The van der Waals surface area contributed by atoms with Crippen molar-refractivity contribution < 1.29 is 65.8 Å². The monoisotopic (exact) mass is 213 g/mol. The van der Waals surface area contributed by atoms with E-state index < -0.39 is 10.1 Å². The van der Waals surface area contributed by atoms with Crippen LogP contribution in [0.15, 0.2) is 29.2 Å². The van der Waals surface area contributed by atoms with Gasteiger partial charge in [0.05, 0.1) is 5.69 Å². The van der Waals surface area contributed by atoms with Crippen molar-refractivity contribution in [2.45, 2.75) is 4.90 Å². The molecule has 0 bridgehead atoms. The van der Waals surface area contributed by atoms with Gasteiger partial charge >= 0.3 is 51.4 Å². The van der Waals surface area contributed by atoms with Gasteiger partial charge in [-0.3, -0.25) is 4.55 Å². The zero-order chi connectivity index (χ0) is 8.48. The molecule has 0 radical (unpaired) electrons. The molecule has 0 saturated carbocycles. The summed E-state index contributed by atoms with van der Waals surface area (Å²) in [6.45, 7) is 0. The van der Waals surface area contributed by atoms with Crippen LogP contribution in [0.4, 0.5) is 5.69 Å². The maximum absolute atomic E-state index is 10.5. The Morgan fingerprint density at radius 1 is 1.33 bits per heavy atom. The average molecular weight is 213 g/mol. The van der Waals surface area contributed by atoms with Gasteiger partial charge in [-0.2, -0.15) is 8.42 Å². The Morgan fingerprint density at radius 3 is 2.17 bits per heavy atom. The van der Waals surface area contributed by atoms with E-state index >= 15 is 0 Å². The number of hydrogen-bond acceptors (Lipinski definition) is 3. The van der Waals surface area contributed by atoms with Gasteiger partial charge in [0.1, 0.15) is 4.90 Å². The third-order valence-corrected chi connectivity index (χ3v) is 2.12. The summed E-state index contributed by atoms with van der Waals surface area (Å²) in [7, 11) is -4.16. The van der Waals surface area contributed by atoms with Crippen molar-refractivity contribution in [3.8, 4) is 0 Å². The van der Waals surface area contributed by atoms with Crippen molar-refractivity contribution in [2.24, 2.45) is 0 Å². The first kappa shape index (κ1) is 12.6. The van der Waals surface area contributed by atoms with Crippen LogP contribution >= 0.6 is 0 Å². The second-order valence-corrected chi connectivity index (χ2v) is 3.40. The quantitative estimate of drug-likeness (QED) is 0.310. The van der Waals surface area contributed by atoms with Crippen molar-refractivity contribution in [1.82, 2.24) is 0 Å². The zero-order valence-corrected chi connectivity index (χ0v) is 10.5. The molecule has 0 unspecified atom stereocenters. The molecule has 1 aromatic carbocycles. The topological polar surface area (TPSA) is 80.4 Å². The van der Waals surface area contributed by atoms with Crippen LogP contribution in [0.3, 0.4) is 0 Å². The molecule has 0 heterocycles. The van der Waals surface area contributed by atoms with Gasteiger partial charge in [0.15, 0.2) is 0 Å². The van der Waals surface area contributed by atoms with E-state index in [4.69, 9.17) is 10.3 Å². The van der Waals surface area contributed by atoms with Crippen LogP contribution in [-0.4, -0.2) is 13.0 Å². The summed E-state index contributed by atoms with van der Waals surface area (Å²) in [6, 6.07) is 5.72. The molecule has 0 aromatic heterocycles. The molecule has 1 aromatic rings. The molecule has 0 aliphatic rings. The van der Waals surface area contributed by atoms with E-state index in [2.05, 4.69) is 0 Å². The molecule has 1 rings (SSSR count). The van der Waals surface area contributed by atoms with E-state index in [-0.39, 0.29) is 63.4 Å². The maximum atomic E-state index is 10.5. The van der Waals surface area contributed by atoms with Crippen molar-refractivity contribution in [1.29, 1.82) is 0 Å². The van der Waals surface area contributed by atoms with Crippen LogP contribution < -0.4 is 57.1 Å². The minimum atomic E-state index is -4.16. The molecular weight excluding hydrogens is 205 g/mol. The van der Waals surface area contributed by atoms with E-state index in [0.717, 1.165) is 0 Å². The number of hydrogen-bond donors (Lipinski definition) is 2. The Labute approximate surface area is 115 Å². The molecule has 12 heavy (non-hydrogen) atoms. The molecule has 62 valence electrons. The molecule has 3 N–H and O–H groups in total. The first-order chi connectivity index (χ1) is 5.02. The van der Waals surface area contributed by atoms with Crippen LogP contribution in [0, 0.1) is 0 Å². The summed E-state index contributed by atoms with van der Waals surface area (Å²) >= 11 is 0. The fourth-order valence-corrected chi connectivity index (χ4v) is 1.33. The Bertz CT molecular complexity index is 368. The molecule has 4 nitrogen and oxygen atoms in total. The van der Waals surface area contributed by atoms with Crippen molar-refractivity contribution >= 4 is 15.8 Å². The number of benzene rings is 1. The third kappa shape index (κ3) is 3.13. The van der Waals surface area contributed by atoms with Gasteiger partial charge in [0.2, 0.25) is 0 Å². The molecule has 0 saturated heterocycles. The molecule has 0 aliphatic carbocycles. The minimum Gasteiger partial charge on any atom is -1.00 e. The summed E-state index contributed by atoms with van der Waals surface area (Å²) in [4.78, 5) is -0.250. The van der Waals surface area contributed by atoms with E-state index in [1.165, 1.54) is 18.2 Å². The second kappa shape index (κ2) is 4.71. The van der Waals surface area contributed by atoms with Crippen LogP contribution in [0.25, 0.3) is 0 Å². The molecule has 0 atom stereocenters. The second-order valence-electron chi connectivity index (χ2n) is 2.01. The number of anilines is 1. The molecule has 0 spiro atoms. The summed E-state index contributed by atoms with van der Waals surface area (Å²) in [5.41, 5.74) is 5.32. The van der Waals surface area contributed by atoms with Crippen LogP contribution in [0.5, 0.6) is 0 Å². The van der Waals surface area contributed by atoms with Crippen LogP contribution in [0.2, 0.25) is 0 Å². The van der Waals surface area contributed by atoms with Gasteiger partial charge in [-0.1, -0.05) is 12.1 Å². The van der Waals surface area contributed by atoms with Gasteiger partial charge in [0.25, 0.3) is 10.1 Å². The van der Waals surface area contributed by atoms with Gasteiger partial charge in [0, 0.05) is 0 Å². The zero-order valence-electron chi connectivity index (χ0n) is 7.56. The average Bonchev–Trinajstić information content (AvgIpc) is 1.86. The smallest absolute Gasteiger partial charge is 1.00 e. The first-order valence-electron chi connectivity index (χ1n) is 2.84. The van der Waals surface area contributed by atoms with Crippen LogP contribution in [0.1, 0.15) is 1.43 Å². The van der Waals surface area contributed by atoms with Gasteiger partial charge in [-0.05, 0) is 12.1 Å². The largest absolute Gasteiger partial charge is 1.00 e. The summed E-state index contributed by atoms with van der Waals surface area (Å²) in [6.07, 6.45) is 0. The predicted molar refractivity (Wildman–Crippen MR) is 41.8 cm³/mol. The SMILES string of the molecule is Nc1ccccc1S(=O)(=O)O.[H-].[K+]. The van der Waals surface area contributed by atoms with Gasteiger partial charge < -0.3 is 7.16 Å². The van der Waals surface area contributed by atoms with Gasteiger partial charge in [-0.15, -0.1) is 0 Å². The predicted octanol–water partition coefficient (Wildman–Crippen LogP) is -2.37. The molecule has 0 aliphatic heterocycles. The summed E-state index contributed by atoms with van der Waals surface area (Å²) < 4.78 is 29.6.